The van der Waals surface area contributed by atoms with E-state index in [1.54, 1.807) is 30.4 Å². The smallest absolute Gasteiger partial charge is 0.220 e. The lowest BCUT2D eigenvalue weighted by Crippen LogP contribution is -2.10. The van der Waals surface area contributed by atoms with Gasteiger partial charge in [-0.25, -0.2) is 4.98 Å². The number of para-hydroxylation sites is 1. The fourth-order valence-electron chi connectivity index (χ4n) is 2.65. The molecule has 1 fully saturated rings. The van der Waals surface area contributed by atoms with Crippen LogP contribution in [-0.2, 0) is 11.3 Å². The van der Waals surface area contributed by atoms with Gasteiger partial charge in [-0.1, -0.05) is 11.3 Å². The van der Waals surface area contributed by atoms with Crippen molar-refractivity contribution in [2.24, 2.45) is 5.92 Å². The molecule has 2 aromatic heterocycles. The predicted octanol–water partition coefficient (Wildman–Crippen LogP) is 2.33. The molecule has 1 atom stereocenters. The van der Waals surface area contributed by atoms with E-state index in [-0.39, 0.29) is 5.75 Å². The van der Waals surface area contributed by atoms with Gasteiger partial charge >= 0.3 is 0 Å². The molecular formula is C16H16N4O3. The van der Waals surface area contributed by atoms with Gasteiger partial charge in [0.2, 0.25) is 5.89 Å². The van der Waals surface area contributed by atoms with Gasteiger partial charge in [-0.3, -0.25) is 4.68 Å². The summed E-state index contributed by atoms with van der Waals surface area (Å²) in [6.07, 6.45) is 6.45. The number of oxazole rings is 1. The summed E-state index contributed by atoms with van der Waals surface area (Å²) in [5.74, 6) is 1.03. The zero-order chi connectivity index (χ0) is 15.6. The van der Waals surface area contributed by atoms with E-state index in [0.29, 0.717) is 22.9 Å². The number of ether oxygens (including phenoxy) is 1. The number of fused-ring (bicyclic) bond motifs is 1. The topological polar surface area (TPSA) is 86.2 Å². The van der Waals surface area contributed by atoms with Crippen LogP contribution in [0, 0.1) is 5.92 Å². The first kappa shape index (κ1) is 14.0. The molecule has 0 aliphatic carbocycles. The number of nitrogens with zero attached hydrogens (tertiary/aromatic N) is 4. The molecule has 118 valence electrons. The molecule has 0 amide bonds. The standard InChI is InChI=1S/C16H16N4O3/c21-13-2-1-3-14-16(13)17-15(23-14)5-4-12-9-20(19-18-12)8-11-6-7-22-10-11/h1-5,9,11,21H,6-8,10H2/b5-4+. The quantitative estimate of drug-likeness (QED) is 0.795. The van der Waals surface area contributed by atoms with Crippen LogP contribution in [0.3, 0.4) is 0 Å². The van der Waals surface area contributed by atoms with E-state index in [9.17, 15) is 5.11 Å². The van der Waals surface area contributed by atoms with Crippen molar-refractivity contribution < 1.29 is 14.3 Å². The monoisotopic (exact) mass is 312 g/mol. The van der Waals surface area contributed by atoms with Gasteiger partial charge in [0, 0.05) is 25.1 Å². The molecule has 23 heavy (non-hydrogen) atoms. The van der Waals surface area contributed by atoms with Gasteiger partial charge in [0.05, 0.1) is 12.8 Å². The third-order valence-electron chi connectivity index (χ3n) is 3.84. The molecule has 0 spiro atoms. The highest BCUT2D eigenvalue weighted by Crippen LogP contribution is 2.25. The van der Waals surface area contributed by atoms with E-state index in [4.69, 9.17) is 9.15 Å². The Bertz CT molecular complexity index is 846. The van der Waals surface area contributed by atoms with Crippen molar-refractivity contribution >= 4 is 23.3 Å². The number of phenols is 1. The first-order chi connectivity index (χ1) is 11.3. The fourth-order valence-corrected chi connectivity index (χ4v) is 2.65. The van der Waals surface area contributed by atoms with Crippen LogP contribution in [0.4, 0.5) is 0 Å². The van der Waals surface area contributed by atoms with Crippen LogP contribution in [0.2, 0.25) is 0 Å². The lowest BCUT2D eigenvalue weighted by atomic mass is 10.1. The second-order valence-corrected chi connectivity index (χ2v) is 5.60. The molecule has 7 nitrogen and oxygen atoms in total. The summed E-state index contributed by atoms with van der Waals surface area (Å²) in [6.45, 7) is 2.44. The minimum absolute atomic E-state index is 0.107. The van der Waals surface area contributed by atoms with E-state index in [1.165, 1.54) is 0 Å². The van der Waals surface area contributed by atoms with Crippen LogP contribution in [0.15, 0.2) is 28.8 Å². The fraction of sp³-hybridized carbons (Fsp3) is 0.312. The molecule has 1 unspecified atom stereocenters. The maximum absolute atomic E-state index is 9.73. The second kappa shape index (κ2) is 5.85. The molecule has 1 N–H and O–H groups in total. The summed E-state index contributed by atoms with van der Waals surface area (Å²) >= 11 is 0. The summed E-state index contributed by atoms with van der Waals surface area (Å²) < 4.78 is 12.7. The Morgan fingerprint density at radius 1 is 1.35 bits per heavy atom. The number of hydrogen-bond donors (Lipinski definition) is 1. The number of aromatic hydroxyl groups is 1. The normalized spacial score (nSPS) is 18.3. The van der Waals surface area contributed by atoms with Gasteiger partial charge in [-0.15, -0.1) is 5.10 Å². The second-order valence-electron chi connectivity index (χ2n) is 5.60. The van der Waals surface area contributed by atoms with Gasteiger partial charge in [0.25, 0.3) is 0 Å². The maximum Gasteiger partial charge on any atom is 0.220 e. The molecule has 0 saturated carbocycles. The molecule has 1 aliphatic rings. The third-order valence-corrected chi connectivity index (χ3v) is 3.84. The molecule has 7 heteroatoms. The lowest BCUT2D eigenvalue weighted by molar-refractivity contribution is 0.181. The number of phenolic OH excluding ortho intramolecular Hbond substituents is 1. The summed E-state index contributed by atoms with van der Waals surface area (Å²) in [5.41, 5.74) is 1.74. The van der Waals surface area contributed by atoms with E-state index >= 15 is 0 Å². The molecule has 3 aromatic rings. The van der Waals surface area contributed by atoms with Crippen LogP contribution in [0.1, 0.15) is 18.0 Å². The summed E-state index contributed by atoms with van der Waals surface area (Å²) in [6, 6.07) is 5.06. The average Bonchev–Trinajstić information content (AvgIpc) is 3.26. The minimum Gasteiger partial charge on any atom is -0.506 e. The van der Waals surface area contributed by atoms with E-state index in [1.807, 2.05) is 10.9 Å². The SMILES string of the molecule is Oc1cccc2oc(/C=C/c3cn(CC4CCOC4)nn3)nc12. The Hall–Kier alpha value is -2.67. The molecule has 1 aliphatic heterocycles. The van der Waals surface area contributed by atoms with Crippen LogP contribution < -0.4 is 0 Å². The number of aromatic nitrogens is 4. The molecule has 4 rings (SSSR count). The predicted molar refractivity (Wildman–Crippen MR) is 83.5 cm³/mol. The van der Waals surface area contributed by atoms with Crippen molar-refractivity contribution in [1.82, 2.24) is 20.0 Å². The molecular weight excluding hydrogens is 296 g/mol. The summed E-state index contributed by atoms with van der Waals surface area (Å²) in [5, 5.41) is 18.0. The van der Waals surface area contributed by atoms with Crippen molar-refractivity contribution in [2.75, 3.05) is 13.2 Å². The largest absolute Gasteiger partial charge is 0.506 e. The van der Waals surface area contributed by atoms with Crippen molar-refractivity contribution in [1.29, 1.82) is 0 Å². The van der Waals surface area contributed by atoms with Gasteiger partial charge in [0.1, 0.15) is 11.4 Å². The van der Waals surface area contributed by atoms with Crippen LogP contribution in [-0.4, -0.2) is 38.3 Å². The third kappa shape index (κ3) is 2.95. The van der Waals surface area contributed by atoms with Crippen LogP contribution >= 0.6 is 0 Å². The lowest BCUT2D eigenvalue weighted by Gasteiger charge is -2.05. The Morgan fingerprint density at radius 2 is 2.30 bits per heavy atom. The van der Waals surface area contributed by atoms with Gasteiger partial charge < -0.3 is 14.3 Å². The maximum atomic E-state index is 9.73. The molecule has 0 radical (unpaired) electrons. The minimum atomic E-state index is 0.107. The molecule has 1 aromatic carbocycles. The number of benzene rings is 1. The Labute approximate surface area is 132 Å². The van der Waals surface area contributed by atoms with Crippen LogP contribution in [0.25, 0.3) is 23.3 Å². The zero-order valence-corrected chi connectivity index (χ0v) is 12.4. The van der Waals surface area contributed by atoms with Crippen LogP contribution in [0.5, 0.6) is 5.75 Å². The van der Waals surface area contributed by atoms with Gasteiger partial charge in [-0.05, 0) is 24.6 Å². The highest BCUT2D eigenvalue weighted by Gasteiger charge is 2.16. The zero-order valence-electron chi connectivity index (χ0n) is 12.4. The first-order valence-electron chi connectivity index (χ1n) is 7.52. The van der Waals surface area contributed by atoms with Crippen molar-refractivity contribution in [3.05, 3.63) is 36.0 Å². The van der Waals surface area contributed by atoms with Gasteiger partial charge in [-0.2, -0.15) is 0 Å². The number of hydrogen-bond acceptors (Lipinski definition) is 6. The molecule has 3 heterocycles. The van der Waals surface area contributed by atoms with Crippen molar-refractivity contribution in [2.45, 2.75) is 13.0 Å². The summed E-state index contributed by atoms with van der Waals surface area (Å²) in [4.78, 5) is 4.24. The first-order valence-corrected chi connectivity index (χ1v) is 7.52. The van der Waals surface area contributed by atoms with Crippen molar-refractivity contribution in [3.8, 4) is 5.75 Å². The number of rotatable bonds is 4. The Morgan fingerprint density at radius 3 is 3.13 bits per heavy atom. The van der Waals surface area contributed by atoms with E-state index < -0.39 is 0 Å². The Balaban J connectivity index is 1.49. The van der Waals surface area contributed by atoms with E-state index in [2.05, 4.69) is 15.3 Å². The van der Waals surface area contributed by atoms with Crippen molar-refractivity contribution in [3.63, 3.8) is 0 Å². The van der Waals surface area contributed by atoms with E-state index in [0.717, 1.165) is 31.9 Å². The van der Waals surface area contributed by atoms with Gasteiger partial charge in [0.15, 0.2) is 11.1 Å². The highest BCUT2D eigenvalue weighted by molar-refractivity contribution is 5.81. The average molecular weight is 312 g/mol. The Kier molecular flexibility index (Phi) is 3.55. The molecule has 1 saturated heterocycles. The molecule has 0 bridgehead atoms. The highest BCUT2D eigenvalue weighted by atomic mass is 16.5. The summed E-state index contributed by atoms with van der Waals surface area (Å²) in [7, 11) is 0.